The van der Waals surface area contributed by atoms with Crippen molar-refractivity contribution < 1.29 is 4.79 Å². The highest BCUT2D eigenvalue weighted by Crippen LogP contribution is 2.12. The van der Waals surface area contributed by atoms with Gasteiger partial charge in [-0.25, -0.2) is 4.98 Å². The van der Waals surface area contributed by atoms with Gasteiger partial charge in [-0.3, -0.25) is 9.36 Å². The van der Waals surface area contributed by atoms with E-state index >= 15 is 0 Å². The third kappa shape index (κ3) is 3.48. The van der Waals surface area contributed by atoms with Crippen LogP contribution < -0.4 is 5.32 Å². The Labute approximate surface area is 131 Å². The van der Waals surface area contributed by atoms with Crippen LogP contribution in [-0.4, -0.2) is 25.7 Å². The molecule has 0 radical (unpaired) electrons. The second-order valence-corrected chi connectivity index (χ2v) is 5.06. The first-order valence-corrected chi connectivity index (χ1v) is 6.94. The van der Waals surface area contributed by atoms with Crippen LogP contribution in [0.4, 0.5) is 5.69 Å². The van der Waals surface area contributed by atoms with Crippen molar-refractivity contribution in [3.63, 3.8) is 0 Å². The van der Waals surface area contributed by atoms with E-state index in [-0.39, 0.29) is 12.3 Å². The Kier molecular flexibility index (Phi) is 4.11. The van der Waals surface area contributed by atoms with Crippen LogP contribution in [0.3, 0.4) is 0 Å². The molecule has 22 heavy (non-hydrogen) atoms. The summed E-state index contributed by atoms with van der Waals surface area (Å²) >= 11 is 5.82. The highest BCUT2D eigenvalue weighted by molar-refractivity contribution is 6.30. The summed E-state index contributed by atoms with van der Waals surface area (Å²) in [6.07, 6.45) is 4.99. The van der Waals surface area contributed by atoms with Crippen LogP contribution >= 0.6 is 11.6 Å². The van der Waals surface area contributed by atoms with Crippen LogP contribution in [0.2, 0.25) is 5.02 Å². The summed E-state index contributed by atoms with van der Waals surface area (Å²) in [6, 6.07) is 10.7. The molecule has 3 aromatic rings. The Hall–Kier alpha value is -2.73. The van der Waals surface area contributed by atoms with Gasteiger partial charge in [-0.05, 0) is 29.8 Å². The zero-order valence-electron chi connectivity index (χ0n) is 11.5. The number of nitrogens with one attached hydrogen (secondary N) is 1. The molecule has 1 amide bonds. The lowest BCUT2D eigenvalue weighted by molar-refractivity contribution is -0.115. The molecule has 2 aromatic heterocycles. The number of aromatic nitrogens is 4. The van der Waals surface area contributed by atoms with E-state index in [1.165, 1.54) is 0 Å². The molecule has 0 fully saturated rings. The third-order valence-corrected chi connectivity index (χ3v) is 3.24. The lowest BCUT2D eigenvalue weighted by Gasteiger charge is -2.06. The van der Waals surface area contributed by atoms with E-state index in [2.05, 4.69) is 20.5 Å². The number of pyridine rings is 1. The Morgan fingerprint density at radius 1 is 1.09 bits per heavy atom. The molecule has 3 rings (SSSR count). The predicted octanol–water partition coefficient (Wildman–Crippen LogP) is 2.50. The summed E-state index contributed by atoms with van der Waals surface area (Å²) in [7, 11) is 0. The number of rotatable bonds is 4. The standard InChI is InChI=1S/C15H12ClN5O/c16-12-3-1-11(2-4-12)7-15(22)20-13-5-6-14(17-8-13)21-9-18-19-10-21/h1-6,8-10H,7H2,(H,20,22). The van der Waals surface area contributed by atoms with Gasteiger partial charge in [0.15, 0.2) is 0 Å². The van der Waals surface area contributed by atoms with Crippen molar-refractivity contribution >= 4 is 23.2 Å². The molecule has 0 saturated carbocycles. The van der Waals surface area contributed by atoms with E-state index in [9.17, 15) is 4.79 Å². The van der Waals surface area contributed by atoms with Crippen molar-refractivity contribution in [3.8, 4) is 5.82 Å². The smallest absolute Gasteiger partial charge is 0.228 e. The molecule has 0 saturated heterocycles. The van der Waals surface area contributed by atoms with E-state index in [4.69, 9.17) is 11.6 Å². The number of anilines is 1. The van der Waals surface area contributed by atoms with Crippen molar-refractivity contribution in [1.29, 1.82) is 0 Å². The van der Waals surface area contributed by atoms with Gasteiger partial charge in [0.1, 0.15) is 18.5 Å². The molecule has 0 atom stereocenters. The first kappa shape index (κ1) is 14.2. The zero-order chi connectivity index (χ0) is 15.4. The summed E-state index contributed by atoms with van der Waals surface area (Å²) < 4.78 is 1.68. The Morgan fingerprint density at radius 3 is 2.45 bits per heavy atom. The average Bonchev–Trinajstić information content (AvgIpc) is 3.05. The molecule has 0 unspecified atom stereocenters. The number of carbonyl (C=O) groups is 1. The van der Waals surface area contributed by atoms with Crippen molar-refractivity contribution in [2.75, 3.05) is 5.32 Å². The number of benzene rings is 1. The number of nitrogens with zero attached hydrogens (tertiary/aromatic N) is 4. The number of carbonyl (C=O) groups excluding carboxylic acids is 1. The topological polar surface area (TPSA) is 72.7 Å². The minimum Gasteiger partial charge on any atom is -0.324 e. The van der Waals surface area contributed by atoms with Gasteiger partial charge in [0.25, 0.3) is 0 Å². The summed E-state index contributed by atoms with van der Waals surface area (Å²) in [5.41, 5.74) is 1.53. The first-order chi connectivity index (χ1) is 10.7. The fourth-order valence-electron chi connectivity index (χ4n) is 1.92. The second-order valence-electron chi connectivity index (χ2n) is 4.63. The van der Waals surface area contributed by atoms with Crippen molar-refractivity contribution in [2.24, 2.45) is 0 Å². The highest BCUT2D eigenvalue weighted by atomic mass is 35.5. The van der Waals surface area contributed by atoms with Gasteiger partial charge in [-0.2, -0.15) is 0 Å². The van der Waals surface area contributed by atoms with Crippen LogP contribution in [0.1, 0.15) is 5.56 Å². The first-order valence-electron chi connectivity index (χ1n) is 6.56. The number of hydrogen-bond acceptors (Lipinski definition) is 4. The van der Waals surface area contributed by atoms with Crippen LogP contribution in [-0.2, 0) is 11.2 Å². The minimum atomic E-state index is -0.110. The predicted molar refractivity (Wildman–Crippen MR) is 82.9 cm³/mol. The van der Waals surface area contributed by atoms with Crippen molar-refractivity contribution in [2.45, 2.75) is 6.42 Å². The largest absolute Gasteiger partial charge is 0.324 e. The molecule has 7 heteroatoms. The second kappa shape index (κ2) is 6.36. The molecule has 1 aromatic carbocycles. The average molecular weight is 314 g/mol. The maximum absolute atomic E-state index is 12.0. The maximum Gasteiger partial charge on any atom is 0.228 e. The molecule has 1 N–H and O–H groups in total. The van der Waals surface area contributed by atoms with E-state index in [0.717, 1.165) is 5.56 Å². The molecule has 110 valence electrons. The summed E-state index contributed by atoms with van der Waals surface area (Å²) in [5.74, 6) is 0.571. The molecule has 0 aliphatic rings. The third-order valence-electron chi connectivity index (χ3n) is 2.99. The summed E-state index contributed by atoms with van der Waals surface area (Å²) in [6.45, 7) is 0. The Morgan fingerprint density at radius 2 is 1.82 bits per heavy atom. The van der Waals surface area contributed by atoms with Crippen LogP contribution in [0.15, 0.2) is 55.2 Å². The lowest BCUT2D eigenvalue weighted by atomic mass is 10.1. The van der Waals surface area contributed by atoms with Crippen molar-refractivity contribution in [1.82, 2.24) is 19.7 Å². The molecule has 0 spiro atoms. The zero-order valence-corrected chi connectivity index (χ0v) is 12.2. The fraction of sp³-hybridized carbons (Fsp3) is 0.0667. The minimum absolute atomic E-state index is 0.110. The SMILES string of the molecule is O=C(Cc1ccc(Cl)cc1)Nc1ccc(-n2cnnc2)nc1. The molecule has 2 heterocycles. The lowest BCUT2D eigenvalue weighted by Crippen LogP contribution is -2.14. The normalized spacial score (nSPS) is 10.4. The van der Waals surface area contributed by atoms with E-state index in [0.29, 0.717) is 16.5 Å². The highest BCUT2D eigenvalue weighted by Gasteiger charge is 2.05. The maximum atomic E-state index is 12.0. The Balaban J connectivity index is 1.63. The number of hydrogen-bond donors (Lipinski definition) is 1. The van der Waals surface area contributed by atoms with Gasteiger partial charge in [0, 0.05) is 5.02 Å². The van der Waals surface area contributed by atoms with Gasteiger partial charge in [-0.15, -0.1) is 10.2 Å². The quantitative estimate of drug-likeness (QED) is 0.803. The Bertz CT molecular complexity index is 754. The molecule has 0 aliphatic carbocycles. The van der Waals surface area contributed by atoms with Crippen LogP contribution in [0, 0.1) is 0 Å². The van der Waals surface area contributed by atoms with Gasteiger partial charge in [-0.1, -0.05) is 23.7 Å². The molecule has 0 aliphatic heterocycles. The summed E-state index contributed by atoms with van der Waals surface area (Å²) in [5, 5.41) is 10.9. The molecule has 6 nitrogen and oxygen atoms in total. The molecule has 0 bridgehead atoms. The molecular formula is C15H12ClN5O. The van der Waals surface area contributed by atoms with Crippen LogP contribution in [0.5, 0.6) is 0 Å². The van der Waals surface area contributed by atoms with Gasteiger partial charge in [0.2, 0.25) is 5.91 Å². The fourth-order valence-corrected chi connectivity index (χ4v) is 2.05. The summed E-state index contributed by atoms with van der Waals surface area (Å²) in [4.78, 5) is 16.2. The van der Waals surface area contributed by atoms with Gasteiger partial charge in [0.05, 0.1) is 18.3 Å². The molecular weight excluding hydrogens is 302 g/mol. The van der Waals surface area contributed by atoms with E-state index < -0.39 is 0 Å². The van der Waals surface area contributed by atoms with Crippen molar-refractivity contribution in [3.05, 3.63) is 65.8 Å². The monoisotopic (exact) mass is 313 g/mol. The van der Waals surface area contributed by atoms with Crippen LogP contribution in [0.25, 0.3) is 5.82 Å². The number of halogens is 1. The van der Waals surface area contributed by atoms with Gasteiger partial charge < -0.3 is 5.32 Å². The van der Waals surface area contributed by atoms with Gasteiger partial charge >= 0.3 is 0 Å². The van der Waals surface area contributed by atoms with E-state index in [1.807, 2.05) is 12.1 Å². The van der Waals surface area contributed by atoms with E-state index in [1.54, 1.807) is 47.7 Å². The number of amides is 1.